The highest BCUT2D eigenvalue weighted by Crippen LogP contribution is 2.49. The molecule has 0 aromatic rings. The molecule has 2 unspecified atom stereocenters. The Kier molecular flexibility index (Phi) is 6.55. The first-order valence-corrected chi connectivity index (χ1v) is 14.0. The van der Waals surface area contributed by atoms with Crippen LogP contribution in [-0.4, -0.2) is 55.5 Å². The van der Waals surface area contributed by atoms with E-state index in [9.17, 15) is 0 Å². The molecule has 6 saturated heterocycles. The number of hydrogen-bond acceptors (Lipinski definition) is 6. The minimum Gasteiger partial charge on any atom is -0.350 e. The topological polar surface area (TPSA) is 55.4 Å². The number of rotatable bonds is 4. The summed E-state index contributed by atoms with van der Waals surface area (Å²) in [6.07, 6.45) is 17.5. The predicted molar refractivity (Wildman–Crippen MR) is 123 cm³/mol. The summed E-state index contributed by atoms with van der Waals surface area (Å²) in [5.41, 5.74) is 0. The van der Waals surface area contributed by atoms with Gasteiger partial charge in [0.1, 0.15) is 0 Å². The highest BCUT2D eigenvalue weighted by atomic mass is 16.7. The highest BCUT2D eigenvalue weighted by Gasteiger charge is 2.52. The van der Waals surface area contributed by atoms with Gasteiger partial charge in [-0.15, -0.1) is 0 Å². The summed E-state index contributed by atoms with van der Waals surface area (Å²) in [6, 6.07) is 0. The monoisotopic (exact) mass is 464 g/mol. The van der Waals surface area contributed by atoms with Crippen molar-refractivity contribution in [1.29, 1.82) is 0 Å². The minimum atomic E-state index is -0.368. The summed E-state index contributed by atoms with van der Waals surface area (Å²) in [5.74, 6) is 0.0867. The molecule has 0 saturated carbocycles. The van der Waals surface area contributed by atoms with Crippen molar-refractivity contribution >= 4 is 0 Å². The van der Waals surface area contributed by atoms with E-state index in [2.05, 4.69) is 6.92 Å². The second-order valence-corrected chi connectivity index (χ2v) is 11.9. The molecule has 0 amide bonds. The molecule has 0 bridgehead atoms. The van der Waals surface area contributed by atoms with Crippen LogP contribution in [0.4, 0.5) is 0 Å². The third kappa shape index (κ3) is 4.90. The van der Waals surface area contributed by atoms with Gasteiger partial charge in [-0.05, 0) is 76.5 Å². The van der Waals surface area contributed by atoms with E-state index in [0.29, 0.717) is 24.0 Å². The van der Waals surface area contributed by atoms with Crippen molar-refractivity contribution < 1.29 is 28.4 Å². The molecular formula is C27H44O6. The molecule has 6 heteroatoms. The summed E-state index contributed by atoms with van der Waals surface area (Å²) in [5, 5.41) is 0. The van der Waals surface area contributed by atoms with Gasteiger partial charge in [0.05, 0.1) is 38.1 Å². The SMILES string of the molecule is C[C@@H]1CCC[C@@]2(CC(C3CO[C@@]4(CCC[C@H](CC[C@@H]5CCC[C@]6(CCCO6)O5)O4)C3)CO2)O1. The summed E-state index contributed by atoms with van der Waals surface area (Å²) < 4.78 is 38.2. The van der Waals surface area contributed by atoms with Gasteiger partial charge < -0.3 is 28.4 Å². The maximum Gasteiger partial charge on any atom is 0.169 e. The second kappa shape index (κ2) is 9.33. The minimum absolute atomic E-state index is 0.264. The van der Waals surface area contributed by atoms with E-state index in [4.69, 9.17) is 28.4 Å². The van der Waals surface area contributed by atoms with Crippen LogP contribution < -0.4 is 0 Å². The molecule has 0 aromatic heterocycles. The third-order valence-corrected chi connectivity index (χ3v) is 9.33. The van der Waals surface area contributed by atoms with Gasteiger partial charge in [0.25, 0.3) is 0 Å². The van der Waals surface area contributed by atoms with Gasteiger partial charge >= 0.3 is 0 Å². The quantitative estimate of drug-likeness (QED) is 0.550. The van der Waals surface area contributed by atoms with Crippen LogP contribution in [0.3, 0.4) is 0 Å². The van der Waals surface area contributed by atoms with E-state index in [-0.39, 0.29) is 23.5 Å². The Morgan fingerprint density at radius 2 is 1.15 bits per heavy atom. The lowest BCUT2D eigenvalue weighted by Crippen LogP contribution is -2.42. The molecule has 188 valence electrons. The Hall–Kier alpha value is -0.240. The molecule has 3 spiro atoms. The highest BCUT2D eigenvalue weighted by molar-refractivity contribution is 4.94. The van der Waals surface area contributed by atoms with Crippen LogP contribution in [0.1, 0.15) is 103 Å². The first-order valence-electron chi connectivity index (χ1n) is 14.0. The van der Waals surface area contributed by atoms with Crippen molar-refractivity contribution in [3.63, 3.8) is 0 Å². The van der Waals surface area contributed by atoms with E-state index in [1.807, 2.05) is 0 Å². The lowest BCUT2D eigenvalue weighted by atomic mass is 9.83. The van der Waals surface area contributed by atoms with Gasteiger partial charge in [-0.25, -0.2) is 0 Å². The van der Waals surface area contributed by atoms with Gasteiger partial charge in [0.2, 0.25) is 0 Å². The van der Waals surface area contributed by atoms with Crippen LogP contribution in [0.25, 0.3) is 0 Å². The van der Waals surface area contributed by atoms with Crippen molar-refractivity contribution in [3.8, 4) is 0 Å². The lowest BCUT2D eigenvalue weighted by molar-refractivity contribution is -0.269. The second-order valence-electron chi connectivity index (χ2n) is 11.9. The lowest BCUT2D eigenvalue weighted by Gasteiger charge is -2.40. The number of ether oxygens (including phenoxy) is 6. The van der Waals surface area contributed by atoms with Crippen LogP contribution >= 0.6 is 0 Å². The van der Waals surface area contributed by atoms with Crippen LogP contribution in [0.5, 0.6) is 0 Å². The molecule has 6 rings (SSSR count). The largest absolute Gasteiger partial charge is 0.350 e. The first-order chi connectivity index (χ1) is 16.1. The summed E-state index contributed by atoms with van der Waals surface area (Å²) in [7, 11) is 0. The van der Waals surface area contributed by atoms with Crippen LogP contribution in [-0.2, 0) is 28.4 Å². The molecule has 6 heterocycles. The molecule has 8 atom stereocenters. The Balaban J connectivity index is 0.999. The van der Waals surface area contributed by atoms with Crippen LogP contribution in [0.2, 0.25) is 0 Å². The van der Waals surface area contributed by atoms with Gasteiger partial charge in [0.15, 0.2) is 17.4 Å². The zero-order valence-corrected chi connectivity index (χ0v) is 20.6. The fourth-order valence-electron chi connectivity index (χ4n) is 7.60. The average Bonchev–Trinajstić information content (AvgIpc) is 3.53. The Morgan fingerprint density at radius 3 is 1.76 bits per heavy atom. The van der Waals surface area contributed by atoms with Gasteiger partial charge in [-0.2, -0.15) is 0 Å². The van der Waals surface area contributed by atoms with Crippen molar-refractivity contribution in [2.75, 3.05) is 19.8 Å². The molecular weight excluding hydrogens is 420 g/mol. The Labute approximate surface area is 199 Å². The molecule has 6 nitrogen and oxygen atoms in total. The smallest absolute Gasteiger partial charge is 0.169 e. The average molecular weight is 465 g/mol. The molecule has 0 aliphatic carbocycles. The Morgan fingerprint density at radius 1 is 0.606 bits per heavy atom. The maximum atomic E-state index is 6.71. The van der Waals surface area contributed by atoms with E-state index in [1.165, 1.54) is 19.3 Å². The molecule has 6 aliphatic heterocycles. The van der Waals surface area contributed by atoms with Crippen molar-refractivity contribution in [1.82, 2.24) is 0 Å². The molecule has 6 aliphatic rings. The van der Waals surface area contributed by atoms with E-state index in [1.54, 1.807) is 0 Å². The van der Waals surface area contributed by atoms with Crippen molar-refractivity contribution in [2.24, 2.45) is 11.8 Å². The molecule has 0 N–H and O–H groups in total. The summed E-state index contributed by atoms with van der Waals surface area (Å²) >= 11 is 0. The van der Waals surface area contributed by atoms with Gasteiger partial charge in [0, 0.05) is 38.5 Å². The van der Waals surface area contributed by atoms with Gasteiger partial charge in [-0.1, -0.05) is 0 Å². The predicted octanol–water partition coefficient (Wildman–Crippen LogP) is 5.47. The fourth-order valence-corrected chi connectivity index (χ4v) is 7.60. The van der Waals surface area contributed by atoms with E-state index >= 15 is 0 Å². The summed E-state index contributed by atoms with van der Waals surface area (Å²) in [6.45, 7) is 4.65. The van der Waals surface area contributed by atoms with E-state index in [0.717, 1.165) is 96.9 Å². The normalized spacial score (nSPS) is 50.6. The Bertz CT molecular complexity index is 680. The van der Waals surface area contributed by atoms with Gasteiger partial charge in [-0.3, -0.25) is 0 Å². The van der Waals surface area contributed by atoms with Crippen molar-refractivity contribution in [3.05, 3.63) is 0 Å². The maximum absolute atomic E-state index is 6.71. The molecule has 0 radical (unpaired) electrons. The molecule has 0 aromatic carbocycles. The molecule has 6 fully saturated rings. The van der Waals surface area contributed by atoms with Crippen LogP contribution in [0.15, 0.2) is 0 Å². The zero-order valence-electron chi connectivity index (χ0n) is 20.6. The fraction of sp³-hybridized carbons (Fsp3) is 1.00. The molecule has 33 heavy (non-hydrogen) atoms. The van der Waals surface area contributed by atoms with E-state index < -0.39 is 0 Å². The summed E-state index contributed by atoms with van der Waals surface area (Å²) in [4.78, 5) is 0. The third-order valence-electron chi connectivity index (χ3n) is 9.33. The zero-order chi connectivity index (χ0) is 22.4. The van der Waals surface area contributed by atoms with Crippen LogP contribution in [0, 0.1) is 11.8 Å². The standard InChI is InChI=1S/C27H44O6/c1-20-6-2-12-26(31-20)16-21(18-29-26)22-17-27(30-19-22)13-4-8-24(33-27)10-9-23-7-3-11-25(32-23)14-5-15-28-25/h20-24H,2-19H2,1H3/t20-,21?,22?,23+,24-,25-,26+,27-/m1/s1. The van der Waals surface area contributed by atoms with Crippen molar-refractivity contribution in [2.45, 2.75) is 139 Å². The first kappa shape index (κ1) is 23.2. The number of hydrogen-bond donors (Lipinski definition) is 0.